The molecule has 13 heteroatoms. The van der Waals surface area contributed by atoms with Crippen molar-refractivity contribution in [2.45, 2.75) is 37.5 Å². The molecule has 3 aromatic rings. The first-order valence-electron chi connectivity index (χ1n) is 10.4. The van der Waals surface area contributed by atoms with Gasteiger partial charge in [-0.05, 0) is 18.6 Å². The van der Waals surface area contributed by atoms with Gasteiger partial charge in [0.2, 0.25) is 5.82 Å². The fourth-order valence-electron chi connectivity index (χ4n) is 3.81. The molecule has 5 atom stereocenters. The molecule has 0 radical (unpaired) electrons. The van der Waals surface area contributed by atoms with E-state index in [-0.39, 0.29) is 18.5 Å². The van der Waals surface area contributed by atoms with Gasteiger partial charge in [-0.1, -0.05) is 30.3 Å². The van der Waals surface area contributed by atoms with E-state index < -0.39 is 38.5 Å². The minimum Gasteiger partial charge on any atom is -0.387 e. The summed E-state index contributed by atoms with van der Waals surface area (Å²) in [6.45, 7) is 1.62. The maximum absolute atomic E-state index is 11.0. The minimum absolute atomic E-state index is 0.0928. The van der Waals surface area contributed by atoms with Crippen molar-refractivity contribution in [3.63, 3.8) is 0 Å². The summed E-state index contributed by atoms with van der Waals surface area (Å²) in [5, 5.41) is 34.3. The van der Waals surface area contributed by atoms with E-state index in [9.17, 15) is 20.0 Å². The van der Waals surface area contributed by atoms with Gasteiger partial charge >= 0.3 is 7.60 Å². The van der Waals surface area contributed by atoms with Crippen molar-refractivity contribution in [1.82, 2.24) is 14.5 Å². The molecule has 2 aromatic heterocycles. The lowest BCUT2D eigenvalue weighted by Crippen LogP contribution is -2.33. The Kier molecular flexibility index (Phi) is 6.97. The third-order valence-corrected chi connectivity index (χ3v) is 6.00. The lowest BCUT2D eigenvalue weighted by atomic mass is 10.1. The van der Waals surface area contributed by atoms with Crippen molar-refractivity contribution < 1.29 is 34.0 Å². The number of hydrogen-bond acceptors (Lipinski definition) is 9. The Morgan fingerprint density at radius 2 is 1.97 bits per heavy atom. The first-order chi connectivity index (χ1) is 16.2. The Morgan fingerprint density at radius 3 is 2.65 bits per heavy atom. The molecule has 1 saturated heterocycles. The van der Waals surface area contributed by atoms with Gasteiger partial charge in [0.05, 0.1) is 12.0 Å². The summed E-state index contributed by atoms with van der Waals surface area (Å²) in [6.07, 6.45) is -4.08. The molecule has 1 aromatic carbocycles. The summed E-state index contributed by atoms with van der Waals surface area (Å²) in [5.74, 6) is 0.330. The van der Waals surface area contributed by atoms with E-state index in [0.717, 1.165) is 5.56 Å². The maximum atomic E-state index is 11.0. The number of aliphatic hydroxyl groups is 2. The topological polar surface area (TPSA) is 183 Å². The number of ether oxygens (including phenoxy) is 2. The second-order valence-electron chi connectivity index (χ2n) is 7.96. The second kappa shape index (κ2) is 9.77. The molecule has 180 valence electrons. The first kappa shape index (κ1) is 24.3. The predicted octanol–water partition coefficient (Wildman–Crippen LogP) is 1.25. The number of benzene rings is 1. The van der Waals surface area contributed by atoms with Crippen molar-refractivity contribution in [2.24, 2.45) is 0 Å². The highest BCUT2D eigenvalue weighted by Gasteiger charge is 2.44. The summed E-state index contributed by atoms with van der Waals surface area (Å²) < 4.78 is 23.1. The van der Waals surface area contributed by atoms with E-state index in [1.807, 2.05) is 43.3 Å². The molecule has 0 amide bonds. The molecule has 0 unspecified atom stereocenters. The van der Waals surface area contributed by atoms with Gasteiger partial charge in [-0.3, -0.25) is 4.57 Å². The SMILES string of the molecule is C[C@@H](Nc1nc(C#N)nc2c1ccn2[C@@H]1O[C@H](COCP(=O)(O)O)[C@@H](O)[C@H]1O)c1ccccc1. The standard InChI is InChI=1S/C21H24N5O7P/c1-12(13-5-3-2-4-6-13)23-19-14-7-8-26(20(14)25-16(9-22)24-19)21-18(28)17(27)15(33-21)10-32-11-34(29,30)31/h2-8,12,15,17-18,21,27-28H,10-11H2,1H3,(H,23,24,25)(H2,29,30,31)/t12-,15-,17-,18-,21-/m1/s1. The zero-order chi connectivity index (χ0) is 24.5. The molecule has 0 saturated carbocycles. The number of rotatable bonds is 8. The molecular formula is C21H24N5O7P. The van der Waals surface area contributed by atoms with Crippen LogP contribution in [0.4, 0.5) is 5.82 Å². The number of nitriles is 1. The van der Waals surface area contributed by atoms with Crippen LogP contribution in [-0.2, 0) is 14.0 Å². The zero-order valence-electron chi connectivity index (χ0n) is 18.1. The van der Waals surface area contributed by atoms with Gasteiger partial charge < -0.3 is 39.4 Å². The smallest absolute Gasteiger partial charge is 0.350 e. The molecule has 1 aliphatic rings. The van der Waals surface area contributed by atoms with Crippen LogP contribution in [0, 0.1) is 11.3 Å². The molecular weight excluding hydrogens is 465 g/mol. The number of nitrogens with one attached hydrogen (secondary N) is 1. The van der Waals surface area contributed by atoms with Crippen LogP contribution in [0.2, 0.25) is 0 Å². The Hall–Kier alpha value is -2.88. The van der Waals surface area contributed by atoms with E-state index in [2.05, 4.69) is 15.3 Å². The Balaban J connectivity index is 1.61. The van der Waals surface area contributed by atoms with Crippen LogP contribution in [0.25, 0.3) is 11.0 Å². The van der Waals surface area contributed by atoms with Crippen molar-refractivity contribution in [3.8, 4) is 6.07 Å². The van der Waals surface area contributed by atoms with Gasteiger partial charge in [-0.15, -0.1) is 0 Å². The normalized spacial score (nSPS) is 23.6. The van der Waals surface area contributed by atoms with E-state index in [1.165, 1.54) is 4.57 Å². The van der Waals surface area contributed by atoms with Crippen LogP contribution in [0.3, 0.4) is 0 Å². The Morgan fingerprint density at radius 1 is 1.24 bits per heavy atom. The zero-order valence-corrected chi connectivity index (χ0v) is 19.0. The fraction of sp³-hybridized carbons (Fsp3) is 0.381. The average molecular weight is 489 g/mol. The number of aliphatic hydroxyl groups excluding tert-OH is 2. The summed E-state index contributed by atoms with van der Waals surface area (Å²) in [5.41, 5.74) is 1.32. The van der Waals surface area contributed by atoms with Crippen LogP contribution in [0.5, 0.6) is 0 Å². The second-order valence-corrected chi connectivity index (χ2v) is 9.54. The van der Waals surface area contributed by atoms with Crippen LogP contribution in [0.15, 0.2) is 42.6 Å². The number of fused-ring (bicyclic) bond motifs is 1. The van der Waals surface area contributed by atoms with Crippen LogP contribution in [-0.4, -0.2) is 65.8 Å². The lowest BCUT2D eigenvalue weighted by Gasteiger charge is -2.19. The van der Waals surface area contributed by atoms with Crippen molar-refractivity contribution in [3.05, 3.63) is 54.0 Å². The third-order valence-electron chi connectivity index (χ3n) is 5.48. The Bertz CT molecular complexity index is 1240. The van der Waals surface area contributed by atoms with E-state index >= 15 is 0 Å². The maximum Gasteiger partial charge on any atom is 0.350 e. The van der Waals surface area contributed by atoms with Gasteiger partial charge in [-0.2, -0.15) is 5.26 Å². The fourth-order valence-corrected chi connectivity index (χ4v) is 4.16. The molecule has 12 nitrogen and oxygen atoms in total. The highest BCUT2D eigenvalue weighted by molar-refractivity contribution is 7.51. The molecule has 3 heterocycles. The molecule has 0 bridgehead atoms. The first-order valence-corrected chi connectivity index (χ1v) is 12.2. The van der Waals surface area contributed by atoms with Gasteiger partial charge in [0.25, 0.3) is 0 Å². The molecule has 4 rings (SSSR count). The number of aromatic nitrogens is 3. The van der Waals surface area contributed by atoms with Crippen LogP contribution < -0.4 is 5.32 Å². The molecule has 0 spiro atoms. The van der Waals surface area contributed by atoms with Gasteiger partial charge in [0.1, 0.15) is 42.2 Å². The van der Waals surface area contributed by atoms with E-state index in [0.29, 0.717) is 16.9 Å². The molecule has 1 fully saturated rings. The van der Waals surface area contributed by atoms with E-state index in [4.69, 9.17) is 19.3 Å². The van der Waals surface area contributed by atoms with Gasteiger partial charge in [0, 0.05) is 12.2 Å². The van der Waals surface area contributed by atoms with Crippen LogP contribution >= 0.6 is 7.60 Å². The van der Waals surface area contributed by atoms with Crippen molar-refractivity contribution in [1.29, 1.82) is 5.26 Å². The number of anilines is 1. The Labute approximate surface area is 194 Å². The molecule has 0 aliphatic carbocycles. The summed E-state index contributed by atoms with van der Waals surface area (Å²) in [4.78, 5) is 26.4. The van der Waals surface area contributed by atoms with Gasteiger partial charge in [-0.25, -0.2) is 9.97 Å². The molecule has 1 aliphatic heterocycles. The lowest BCUT2D eigenvalue weighted by molar-refractivity contribution is -0.0610. The van der Waals surface area contributed by atoms with Gasteiger partial charge in [0.15, 0.2) is 6.23 Å². The molecule has 5 N–H and O–H groups in total. The monoisotopic (exact) mass is 489 g/mol. The van der Waals surface area contributed by atoms with Crippen LogP contribution in [0.1, 0.15) is 30.6 Å². The highest BCUT2D eigenvalue weighted by Crippen LogP contribution is 2.36. The molecule has 34 heavy (non-hydrogen) atoms. The summed E-state index contributed by atoms with van der Waals surface area (Å²) >= 11 is 0. The van der Waals surface area contributed by atoms with Crippen molar-refractivity contribution >= 4 is 24.4 Å². The highest BCUT2D eigenvalue weighted by atomic mass is 31.2. The quantitative estimate of drug-likeness (QED) is 0.287. The van der Waals surface area contributed by atoms with Crippen molar-refractivity contribution in [2.75, 3.05) is 18.3 Å². The minimum atomic E-state index is -4.38. The average Bonchev–Trinajstić information content (AvgIpc) is 3.35. The summed E-state index contributed by atoms with van der Waals surface area (Å²) in [7, 11) is -4.38. The number of nitrogens with zero attached hydrogens (tertiary/aromatic N) is 4. The largest absolute Gasteiger partial charge is 0.387 e. The summed E-state index contributed by atoms with van der Waals surface area (Å²) in [6, 6.07) is 13.2. The predicted molar refractivity (Wildman–Crippen MR) is 120 cm³/mol. The third kappa shape index (κ3) is 5.11. The number of hydrogen-bond donors (Lipinski definition) is 5. The van der Waals surface area contributed by atoms with E-state index in [1.54, 1.807) is 12.3 Å².